The van der Waals surface area contributed by atoms with Crippen LogP contribution >= 0.6 is 0 Å². The molecule has 0 unspecified atom stereocenters. The van der Waals surface area contributed by atoms with Crippen LogP contribution in [-0.2, 0) is 7.05 Å². The zero-order chi connectivity index (χ0) is 22.1. The number of rotatable bonds is 4. The highest BCUT2D eigenvalue weighted by molar-refractivity contribution is 5.91. The summed E-state index contributed by atoms with van der Waals surface area (Å²) >= 11 is 0. The summed E-state index contributed by atoms with van der Waals surface area (Å²) in [6.45, 7) is 7.16. The molecule has 4 rings (SSSR count). The summed E-state index contributed by atoms with van der Waals surface area (Å²) < 4.78 is 7.34. The minimum absolute atomic E-state index is 0.151. The first-order valence-electron chi connectivity index (χ1n) is 10.3. The van der Waals surface area contributed by atoms with Crippen LogP contribution in [0.25, 0.3) is 22.4 Å². The molecule has 0 atom stereocenters. The Balaban J connectivity index is 1.70. The Kier molecular flexibility index (Phi) is 5.64. The maximum atomic E-state index is 12.7. The zero-order valence-corrected chi connectivity index (χ0v) is 18.2. The van der Waals surface area contributed by atoms with E-state index in [1.165, 1.54) is 0 Å². The second-order valence-electron chi connectivity index (χ2n) is 7.69. The van der Waals surface area contributed by atoms with Crippen molar-refractivity contribution < 1.29 is 9.53 Å². The topological polar surface area (TPSA) is 108 Å². The Hall–Kier alpha value is -3.40. The Morgan fingerprint density at radius 3 is 2.68 bits per heavy atom. The minimum Gasteiger partial charge on any atom is -0.493 e. The number of benzene rings is 1. The lowest BCUT2D eigenvalue weighted by molar-refractivity contribution is 0.164. The number of amides is 2. The van der Waals surface area contributed by atoms with E-state index in [4.69, 9.17) is 4.74 Å². The lowest BCUT2D eigenvalue weighted by Gasteiger charge is -2.32. The average Bonchev–Trinajstić information content (AvgIpc) is 3.03. The molecule has 0 aliphatic carbocycles. The van der Waals surface area contributed by atoms with Gasteiger partial charge in [0.05, 0.1) is 17.9 Å². The van der Waals surface area contributed by atoms with Crippen molar-refractivity contribution in [2.24, 2.45) is 7.05 Å². The Bertz CT molecular complexity index is 1180. The molecule has 3 aromatic rings. The maximum Gasteiger partial charge on any atom is 0.321 e. The number of likely N-dealkylation sites (N-methyl/N-ethyl adjacent to an activating group) is 1. The average molecular weight is 425 g/mol. The number of hydrogen-bond acceptors (Lipinski definition) is 6. The second-order valence-corrected chi connectivity index (χ2v) is 7.69. The fourth-order valence-electron chi connectivity index (χ4n) is 3.76. The van der Waals surface area contributed by atoms with Gasteiger partial charge in [-0.05, 0) is 39.1 Å². The van der Waals surface area contributed by atoms with E-state index in [0.29, 0.717) is 59.2 Å². The van der Waals surface area contributed by atoms with Gasteiger partial charge in [0.15, 0.2) is 5.65 Å². The van der Waals surface area contributed by atoms with Crippen molar-refractivity contribution in [3.05, 3.63) is 34.2 Å². The third-order valence-electron chi connectivity index (χ3n) is 5.44. The first kappa shape index (κ1) is 20.9. The van der Waals surface area contributed by atoms with Gasteiger partial charge in [-0.1, -0.05) is 0 Å². The van der Waals surface area contributed by atoms with Crippen LogP contribution in [0.1, 0.15) is 12.6 Å². The molecule has 1 aromatic carbocycles. The van der Waals surface area contributed by atoms with E-state index in [1.807, 2.05) is 14.0 Å². The zero-order valence-electron chi connectivity index (χ0n) is 18.2. The minimum atomic E-state index is -0.264. The first-order valence-corrected chi connectivity index (χ1v) is 10.3. The molecular weight excluding hydrogens is 398 g/mol. The predicted molar refractivity (Wildman–Crippen MR) is 119 cm³/mol. The largest absolute Gasteiger partial charge is 0.493 e. The van der Waals surface area contributed by atoms with Crippen molar-refractivity contribution >= 4 is 22.8 Å². The number of aromatic amines is 1. The molecule has 0 spiro atoms. The van der Waals surface area contributed by atoms with Gasteiger partial charge in [0, 0.05) is 38.9 Å². The number of anilines is 1. The number of H-pyrrole nitrogens is 1. The van der Waals surface area contributed by atoms with Gasteiger partial charge in [-0.25, -0.2) is 14.5 Å². The van der Waals surface area contributed by atoms with Crippen LogP contribution in [0.3, 0.4) is 0 Å². The predicted octanol–water partition coefficient (Wildman–Crippen LogP) is 1.81. The number of ether oxygens (including phenoxy) is 1. The van der Waals surface area contributed by atoms with Crippen molar-refractivity contribution in [1.29, 1.82) is 0 Å². The Morgan fingerprint density at radius 1 is 1.23 bits per heavy atom. The molecular formula is C21H27N7O3. The van der Waals surface area contributed by atoms with E-state index in [9.17, 15) is 9.59 Å². The number of hydrogen-bond donors (Lipinski definition) is 2. The van der Waals surface area contributed by atoms with Gasteiger partial charge in [0.2, 0.25) is 0 Å². The number of fused-ring (bicyclic) bond motifs is 1. The van der Waals surface area contributed by atoms with Crippen LogP contribution in [0.4, 0.5) is 10.5 Å². The summed E-state index contributed by atoms with van der Waals surface area (Å²) in [5.41, 5.74) is 2.05. The summed E-state index contributed by atoms with van der Waals surface area (Å²) in [4.78, 5) is 36.8. The number of piperazine rings is 1. The number of aromatic nitrogens is 4. The van der Waals surface area contributed by atoms with E-state index in [0.717, 1.165) is 13.1 Å². The van der Waals surface area contributed by atoms with E-state index >= 15 is 0 Å². The van der Waals surface area contributed by atoms with Crippen LogP contribution in [0, 0.1) is 6.92 Å². The molecule has 1 aliphatic rings. The summed E-state index contributed by atoms with van der Waals surface area (Å²) in [5.74, 6) is 0.932. The van der Waals surface area contributed by atoms with Crippen LogP contribution in [-0.4, -0.2) is 75.4 Å². The van der Waals surface area contributed by atoms with Crippen LogP contribution in [0.2, 0.25) is 0 Å². The van der Waals surface area contributed by atoms with Gasteiger partial charge >= 0.3 is 6.03 Å². The van der Waals surface area contributed by atoms with E-state index in [-0.39, 0.29) is 11.6 Å². The molecule has 1 aliphatic heterocycles. The summed E-state index contributed by atoms with van der Waals surface area (Å²) in [7, 11) is 3.80. The van der Waals surface area contributed by atoms with Gasteiger partial charge in [-0.2, -0.15) is 5.10 Å². The highest BCUT2D eigenvalue weighted by Gasteiger charge is 2.20. The highest BCUT2D eigenvalue weighted by Crippen LogP contribution is 2.31. The van der Waals surface area contributed by atoms with Crippen molar-refractivity contribution in [3.8, 4) is 17.1 Å². The SMILES string of the molecule is CCOc1ccc(NC(=O)N2CCN(C)CC2)cc1-c1nc2c(c(C)nn2C)c(=O)[nH]1. The van der Waals surface area contributed by atoms with Crippen molar-refractivity contribution in [2.75, 3.05) is 45.2 Å². The third-order valence-corrected chi connectivity index (χ3v) is 5.44. The normalized spacial score (nSPS) is 14.8. The van der Waals surface area contributed by atoms with Crippen molar-refractivity contribution in [3.63, 3.8) is 0 Å². The lowest BCUT2D eigenvalue weighted by atomic mass is 10.1. The smallest absolute Gasteiger partial charge is 0.321 e. The molecule has 0 bridgehead atoms. The lowest BCUT2D eigenvalue weighted by Crippen LogP contribution is -2.48. The van der Waals surface area contributed by atoms with Gasteiger partial charge in [-0.3, -0.25) is 4.79 Å². The molecule has 10 nitrogen and oxygen atoms in total. The van der Waals surface area contributed by atoms with E-state index in [1.54, 1.807) is 41.8 Å². The summed E-state index contributed by atoms with van der Waals surface area (Å²) in [6, 6.07) is 5.18. The molecule has 10 heteroatoms. The number of carbonyl (C=O) groups is 1. The molecule has 1 fully saturated rings. The van der Waals surface area contributed by atoms with Gasteiger partial charge in [0.1, 0.15) is 17.0 Å². The quantitative estimate of drug-likeness (QED) is 0.660. The van der Waals surface area contributed by atoms with Crippen molar-refractivity contribution in [1.82, 2.24) is 29.5 Å². The highest BCUT2D eigenvalue weighted by atomic mass is 16.5. The molecule has 0 radical (unpaired) electrons. The number of nitrogens with one attached hydrogen (secondary N) is 2. The molecule has 3 heterocycles. The standard InChI is InChI=1S/C21H27N7O3/c1-5-31-16-7-6-14(22-21(30)28-10-8-26(3)9-11-28)12-15(16)18-23-19-17(20(29)24-18)13(2)25-27(19)4/h6-7,12H,5,8-11H2,1-4H3,(H,22,30)(H,23,24,29). The van der Waals surface area contributed by atoms with E-state index < -0.39 is 0 Å². The fourth-order valence-corrected chi connectivity index (χ4v) is 3.76. The summed E-state index contributed by atoms with van der Waals surface area (Å²) in [6.07, 6.45) is 0. The molecule has 0 saturated carbocycles. The van der Waals surface area contributed by atoms with E-state index in [2.05, 4.69) is 25.3 Å². The van der Waals surface area contributed by atoms with Crippen LogP contribution in [0.5, 0.6) is 5.75 Å². The van der Waals surface area contributed by atoms with Gasteiger partial charge in [0.25, 0.3) is 5.56 Å². The molecule has 1 saturated heterocycles. The van der Waals surface area contributed by atoms with Gasteiger partial charge in [-0.15, -0.1) is 0 Å². The Labute approximate surface area is 179 Å². The molecule has 2 amide bonds. The molecule has 2 N–H and O–H groups in total. The number of aryl methyl sites for hydroxylation is 2. The first-order chi connectivity index (χ1) is 14.9. The molecule has 2 aromatic heterocycles. The van der Waals surface area contributed by atoms with Crippen LogP contribution in [0.15, 0.2) is 23.0 Å². The Morgan fingerprint density at radius 2 is 1.97 bits per heavy atom. The second kappa shape index (κ2) is 8.38. The molecule has 31 heavy (non-hydrogen) atoms. The third kappa shape index (κ3) is 4.11. The maximum absolute atomic E-state index is 12.7. The number of carbonyl (C=O) groups excluding carboxylic acids is 1. The van der Waals surface area contributed by atoms with Crippen LogP contribution < -0.4 is 15.6 Å². The number of nitrogens with zero attached hydrogens (tertiary/aromatic N) is 5. The van der Waals surface area contributed by atoms with Gasteiger partial charge < -0.3 is 24.8 Å². The molecule has 164 valence electrons. The fraction of sp³-hybridized carbons (Fsp3) is 0.429. The monoisotopic (exact) mass is 425 g/mol. The summed E-state index contributed by atoms with van der Waals surface area (Å²) in [5, 5.41) is 7.71. The number of urea groups is 1. The van der Waals surface area contributed by atoms with Crippen molar-refractivity contribution in [2.45, 2.75) is 13.8 Å².